The number of rotatable bonds is 1. The van der Waals surface area contributed by atoms with E-state index in [2.05, 4.69) is 31.5 Å². The first kappa shape index (κ1) is 12.0. The van der Waals surface area contributed by atoms with Crippen LogP contribution in [0.2, 0.25) is 0 Å². The van der Waals surface area contributed by atoms with Crippen LogP contribution >= 0.6 is 15.9 Å². The summed E-state index contributed by atoms with van der Waals surface area (Å²) in [5.41, 5.74) is 7.20. The quantitative estimate of drug-likeness (QED) is 0.821. The highest BCUT2D eigenvalue weighted by Crippen LogP contribution is 2.30. The minimum atomic E-state index is -0.178. The third-order valence-electron chi connectivity index (χ3n) is 2.34. The minimum absolute atomic E-state index is 0.178. The van der Waals surface area contributed by atoms with Crippen molar-refractivity contribution >= 4 is 21.6 Å². The van der Waals surface area contributed by atoms with Crippen LogP contribution in [0, 0.1) is 0 Å². The number of nitrogen functional groups attached to an aromatic ring is 1. The lowest BCUT2D eigenvalue weighted by molar-refractivity contribution is 0.351. The van der Waals surface area contributed by atoms with Gasteiger partial charge in [-0.25, -0.2) is 4.68 Å². The number of nitrogens with zero attached hydrogens (tertiary/aromatic N) is 4. The van der Waals surface area contributed by atoms with Crippen LogP contribution in [0.4, 0.5) is 5.69 Å². The predicted molar refractivity (Wildman–Crippen MR) is 70.4 cm³/mol. The number of tetrazole rings is 1. The second kappa shape index (κ2) is 4.10. The maximum absolute atomic E-state index is 5.79. The minimum Gasteiger partial charge on any atom is -0.399 e. The lowest BCUT2D eigenvalue weighted by Crippen LogP contribution is -2.24. The number of hydrogen-bond donors (Lipinski definition) is 1. The Kier molecular flexibility index (Phi) is 2.91. The van der Waals surface area contributed by atoms with E-state index < -0.39 is 0 Å². The molecule has 0 radical (unpaired) electrons. The van der Waals surface area contributed by atoms with E-state index in [9.17, 15) is 0 Å². The van der Waals surface area contributed by atoms with Gasteiger partial charge in [-0.05, 0) is 49.4 Å². The van der Waals surface area contributed by atoms with Crippen molar-refractivity contribution < 1.29 is 0 Å². The molecule has 0 aliphatic rings. The fourth-order valence-electron chi connectivity index (χ4n) is 1.52. The number of hydrogen-bond acceptors (Lipinski definition) is 4. The van der Waals surface area contributed by atoms with Crippen molar-refractivity contribution in [3.05, 3.63) is 22.7 Å². The Balaban J connectivity index is 2.61. The highest BCUT2D eigenvalue weighted by atomic mass is 79.9. The third-order valence-corrected chi connectivity index (χ3v) is 3.03. The third kappa shape index (κ3) is 2.31. The smallest absolute Gasteiger partial charge is 0.183 e. The number of nitrogens with two attached hydrogens (primary N) is 1. The number of anilines is 1. The highest BCUT2D eigenvalue weighted by molar-refractivity contribution is 9.10. The van der Waals surface area contributed by atoms with Gasteiger partial charge in [-0.15, -0.1) is 5.10 Å². The Bertz CT molecular complexity index is 541. The van der Waals surface area contributed by atoms with Gasteiger partial charge < -0.3 is 5.73 Å². The molecule has 0 amide bonds. The predicted octanol–water partition coefficient (Wildman–Crippen LogP) is 2.44. The van der Waals surface area contributed by atoms with E-state index in [1.807, 2.05) is 39.0 Å². The zero-order chi connectivity index (χ0) is 12.6. The van der Waals surface area contributed by atoms with Crippen molar-refractivity contribution in [2.24, 2.45) is 0 Å². The van der Waals surface area contributed by atoms with Crippen molar-refractivity contribution in [1.82, 2.24) is 20.2 Å². The second-order valence-corrected chi connectivity index (χ2v) is 5.68. The van der Waals surface area contributed by atoms with E-state index in [0.717, 1.165) is 10.0 Å². The van der Waals surface area contributed by atoms with Gasteiger partial charge in [-0.3, -0.25) is 0 Å². The summed E-state index contributed by atoms with van der Waals surface area (Å²) in [4.78, 5) is 0. The standard InChI is InChI=1S/C11H14BrN5/c1-11(2,3)17-10(14-15-16-17)8-6-7(13)4-5-9(8)12/h4-6H,13H2,1-3H3. The fourth-order valence-corrected chi connectivity index (χ4v) is 1.95. The Morgan fingerprint density at radius 2 is 2.00 bits per heavy atom. The van der Waals surface area contributed by atoms with E-state index in [1.54, 1.807) is 4.68 Å². The van der Waals surface area contributed by atoms with Gasteiger partial charge in [0.1, 0.15) is 0 Å². The van der Waals surface area contributed by atoms with Crippen molar-refractivity contribution in [2.45, 2.75) is 26.3 Å². The summed E-state index contributed by atoms with van der Waals surface area (Å²) < 4.78 is 2.71. The molecule has 0 fully saturated rings. The van der Waals surface area contributed by atoms with Crippen LogP contribution in [-0.2, 0) is 5.54 Å². The Hall–Kier alpha value is -1.43. The van der Waals surface area contributed by atoms with Crippen LogP contribution in [0.15, 0.2) is 22.7 Å². The molecule has 0 bridgehead atoms. The van der Waals surface area contributed by atoms with Crippen LogP contribution in [0.1, 0.15) is 20.8 Å². The molecule has 2 rings (SSSR count). The molecule has 0 saturated carbocycles. The largest absolute Gasteiger partial charge is 0.399 e. The van der Waals surface area contributed by atoms with Gasteiger partial charge in [-0.2, -0.15) is 0 Å². The molecule has 2 aromatic rings. The van der Waals surface area contributed by atoms with Crippen LogP contribution in [-0.4, -0.2) is 20.2 Å². The molecule has 0 aliphatic carbocycles. The van der Waals surface area contributed by atoms with Gasteiger partial charge in [0.05, 0.1) is 5.54 Å². The van der Waals surface area contributed by atoms with Crippen LogP contribution in [0.5, 0.6) is 0 Å². The summed E-state index contributed by atoms with van der Waals surface area (Å²) in [7, 11) is 0. The summed E-state index contributed by atoms with van der Waals surface area (Å²) in [5.74, 6) is 0.705. The van der Waals surface area contributed by atoms with E-state index >= 15 is 0 Å². The molecular formula is C11H14BrN5. The zero-order valence-corrected chi connectivity index (χ0v) is 11.6. The van der Waals surface area contributed by atoms with Crippen molar-refractivity contribution in [3.63, 3.8) is 0 Å². The molecule has 2 N–H and O–H groups in total. The first-order valence-electron chi connectivity index (χ1n) is 5.24. The SMILES string of the molecule is CC(C)(C)n1nnnc1-c1cc(N)ccc1Br. The molecule has 5 nitrogen and oxygen atoms in total. The molecule has 17 heavy (non-hydrogen) atoms. The molecule has 1 aromatic carbocycles. The first-order chi connectivity index (χ1) is 7.89. The normalized spacial score (nSPS) is 11.8. The first-order valence-corrected chi connectivity index (χ1v) is 6.03. The average molecular weight is 296 g/mol. The maximum atomic E-state index is 5.79. The van der Waals surface area contributed by atoms with Crippen LogP contribution in [0.25, 0.3) is 11.4 Å². The van der Waals surface area contributed by atoms with Crippen molar-refractivity contribution in [1.29, 1.82) is 0 Å². The molecule has 0 atom stereocenters. The summed E-state index contributed by atoms with van der Waals surface area (Å²) in [6.07, 6.45) is 0. The van der Waals surface area contributed by atoms with E-state index in [0.29, 0.717) is 11.5 Å². The number of halogens is 1. The van der Waals surface area contributed by atoms with E-state index in [4.69, 9.17) is 5.73 Å². The van der Waals surface area contributed by atoms with Gasteiger partial charge in [0, 0.05) is 15.7 Å². The number of aromatic nitrogens is 4. The molecule has 90 valence electrons. The average Bonchev–Trinajstić information content (AvgIpc) is 2.69. The Morgan fingerprint density at radius 1 is 1.29 bits per heavy atom. The highest BCUT2D eigenvalue weighted by Gasteiger charge is 2.21. The molecule has 1 aromatic heterocycles. The summed E-state index contributed by atoms with van der Waals surface area (Å²) in [6, 6.07) is 5.59. The topological polar surface area (TPSA) is 69.6 Å². The van der Waals surface area contributed by atoms with Crippen molar-refractivity contribution in [2.75, 3.05) is 5.73 Å². The molecular weight excluding hydrogens is 282 g/mol. The van der Waals surface area contributed by atoms with Gasteiger partial charge >= 0.3 is 0 Å². The second-order valence-electron chi connectivity index (χ2n) is 4.82. The lowest BCUT2D eigenvalue weighted by Gasteiger charge is -2.20. The summed E-state index contributed by atoms with van der Waals surface area (Å²) >= 11 is 3.49. The molecule has 1 heterocycles. The monoisotopic (exact) mass is 295 g/mol. The van der Waals surface area contributed by atoms with E-state index in [1.165, 1.54) is 0 Å². The Morgan fingerprint density at radius 3 is 2.65 bits per heavy atom. The molecule has 0 spiro atoms. The fraction of sp³-hybridized carbons (Fsp3) is 0.364. The van der Waals surface area contributed by atoms with Gasteiger partial charge in [0.2, 0.25) is 0 Å². The van der Waals surface area contributed by atoms with Crippen LogP contribution in [0.3, 0.4) is 0 Å². The lowest BCUT2D eigenvalue weighted by atomic mass is 10.1. The molecule has 0 saturated heterocycles. The van der Waals surface area contributed by atoms with Crippen LogP contribution < -0.4 is 5.73 Å². The van der Waals surface area contributed by atoms with E-state index in [-0.39, 0.29) is 5.54 Å². The van der Waals surface area contributed by atoms with Crippen molar-refractivity contribution in [3.8, 4) is 11.4 Å². The number of benzene rings is 1. The molecule has 0 aliphatic heterocycles. The summed E-state index contributed by atoms with van der Waals surface area (Å²) in [6.45, 7) is 6.15. The zero-order valence-electron chi connectivity index (χ0n) is 9.98. The van der Waals surface area contributed by atoms with Gasteiger partial charge in [-0.1, -0.05) is 15.9 Å². The maximum Gasteiger partial charge on any atom is 0.183 e. The summed E-state index contributed by atoms with van der Waals surface area (Å²) in [5, 5.41) is 11.8. The molecule has 6 heteroatoms. The van der Waals surface area contributed by atoms with Gasteiger partial charge in [0.25, 0.3) is 0 Å². The molecule has 0 unspecified atom stereocenters. The van der Waals surface area contributed by atoms with Gasteiger partial charge in [0.15, 0.2) is 5.82 Å². The Labute approximate surface area is 108 Å².